The number of nitrogens with zero attached hydrogens (tertiary/aromatic N) is 7. The number of anilines is 2. The largest absolute Gasteiger partial charge is 0.494 e. The number of ether oxygens (including phenoxy) is 2. The van der Waals surface area contributed by atoms with Gasteiger partial charge in [-0.1, -0.05) is 12.6 Å². The van der Waals surface area contributed by atoms with Crippen molar-refractivity contribution in [3.05, 3.63) is 47.9 Å². The highest BCUT2D eigenvalue weighted by Crippen LogP contribution is 2.39. The molecule has 3 aliphatic heterocycles. The van der Waals surface area contributed by atoms with E-state index in [1.54, 1.807) is 17.0 Å². The van der Waals surface area contributed by atoms with Crippen molar-refractivity contribution in [3.8, 4) is 17.8 Å². The zero-order valence-electron chi connectivity index (χ0n) is 22.5. The lowest BCUT2D eigenvalue weighted by Crippen LogP contribution is -2.55. The predicted octanol–water partition coefficient (Wildman–Crippen LogP) is 2.73. The molecule has 10 nitrogen and oxygen atoms in total. The van der Waals surface area contributed by atoms with Crippen LogP contribution in [0.15, 0.2) is 30.9 Å². The number of likely N-dealkylation sites (tertiary alicyclic amines) is 1. The van der Waals surface area contributed by atoms with Crippen molar-refractivity contribution >= 4 is 17.4 Å². The van der Waals surface area contributed by atoms with Crippen molar-refractivity contribution in [3.63, 3.8) is 0 Å². The highest BCUT2D eigenvalue weighted by Gasteiger charge is 2.35. The maximum atomic E-state index is 15.0. The van der Waals surface area contributed by atoms with E-state index in [0.717, 1.165) is 30.6 Å². The molecule has 11 heteroatoms. The van der Waals surface area contributed by atoms with Crippen LogP contribution in [0.5, 0.6) is 11.8 Å². The van der Waals surface area contributed by atoms with E-state index in [9.17, 15) is 14.4 Å². The lowest BCUT2D eigenvalue weighted by atomic mass is 10.1. The second-order valence-electron chi connectivity index (χ2n) is 10.2. The average molecular weight is 536 g/mol. The highest BCUT2D eigenvalue weighted by molar-refractivity contribution is 5.87. The van der Waals surface area contributed by atoms with Gasteiger partial charge in [-0.2, -0.15) is 15.2 Å². The van der Waals surface area contributed by atoms with Crippen molar-refractivity contribution in [2.45, 2.75) is 44.4 Å². The lowest BCUT2D eigenvalue weighted by Gasteiger charge is -2.41. The van der Waals surface area contributed by atoms with Crippen molar-refractivity contribution in [2.75, 3.05) is 56.7 Å². The molecule has 0 spiro atoms. The van der Waals surface area contributed by atoms with Crippen molar-refractivity contribution in [1.82, 2.24) is 19.8 Å². The van der Waals surface area contributed by atoms with Crippen molar-refractivity contribution < 1.29 is 18.7 Å². The third-order valence-corrected chi connectivity index (χ3v) is 7.87. The molecule has 39 heavy (non-hydrogen) atoms. The molecule has 0 aliphatic carbocycles. The number of aromatic nitrogens is 2. The number of nitriles is 1. The smallest absolute Gasteiger partial charge is 0.318 e. The Bertz CT molecular complexity index is 1280. The summed E-state index contributed by atoms with van der Waals surface area (Å²) in [7, 11) is 3.62. The lowest BCUT2D eigenvalue weighted by molar-refractivity contribution is -0.128. The summed E-state index contributed by atoms with van der Waals surface area (Å²) in [6.07, 6.45) is 3.67. The zero-order valence-corrected chi connectivity index (χ0v) is 22.5. The van der Waals surface area contributed by atoms with Crippen LogP contribution in [-0.2, 0) is 17.9 Å². The van der Waals surface area contributed by atoms with Crippen LogP contribution in [0.25, 0.3) is 0 Å². The van der Waals surface area contributed by atoms with Gasteiger partial charge in [0, 0.05) is 37.8 Å². The van der Waals surface area contributed by atoms with E-state index in [4.69, 9.17) is 19.4 Å². The third kappa shape index (κ3) is 5.34. The van der Waals surface area contributed by atoms with E-state index in [1.807, 2.05) is 4.90 Å². The van der Waals surface area contributed by atoms with E-state index in [-0.39, 0.29) is 30.2 Å². The van der Waals surface area contributed by atoms with Gasteiger partial charge >= 0.3 is 6.01 Å². The van der Waals surface area contributed by atoms with Crippen molar-refractivity contribution in [1.29, 1.82) is 5.26 Å². The molecule has 1 aromatic carbocycles. The molecule has 206 valence electrons. The SMILES string of the molecule is C=CC(=O)N1CCN(c2nc(OC[C@@H]3CCCN3C)nc3c2CN(c2c(F)cccc2OC)C3)C[C@@H]1CC#N. The molecule has 1 amide bonds. The van der Waals surface area contributed by atoms with Gasteiger partial charge < -0.3 is 29.1 Å². The molecule has 0 unspecified atom stereocenters. The summed E-state index contributed by atoms with van der Waals surface area (Å²) in [5, 5.41) is 9.44. The number of fused-ring (bicyclic) bond motifs is 1. The Labute approximate surface area is 228 Å². The number of halogens is 1. The number of piperazine rings is 1. The fourth-order valence-corrected chi connectivity index (χ4v) is 5.76. The molecule has 3 aliphatic rings. The normalized spacial score (nSPS) is 21.0. The molecule has 0 bridgehead atoms. The third-order valence-electron chi connectivity index (χ3n) is 7.87. The van der Waals surface area contributed by atoms with E-state index in [0.29, 0.717) is 62.6 Å². The standard InChI is InChI=1S/C28H34FN7O3/c1-4-25(37)36-14-13-34(15-19(36)10-11-30)27-21-16-35(26-22(29)8-5-9-24(26)38-3)17-23(21)31-28(32-27)39-18-20-7-6-12-33(20)2/h4-5,8-9,19-20H,1,6-7,10,12-18H2,2-3H3/t19-,20-/m0/s1. The van der Waals surface area contributed by atoms with Crippen LogP contribution >= 0.6 is 0 Å². The molecule has 4 heterocycles. The zero-order chi connectivity index (χ0) is 27.5. The Morgan fingerprint density at radius 2 is 2.08 bits per heavy atom. The molecule has 0 saturated carbocycles. The molecule has 1 aromatic heterocycles. The van der Waals surface area contributed by atoms with Crippen LogP contribution < -0.4 is 19.3 Å². The van der Waals surface area contributed by atoms with E-state index < -0.39 is 0 Å². The molecule has 5 rings (SSSR count). The molecule has 0 radical (unpaired) electrons. The van der Waals surface area contributed by atoms with Crippen LogP contribution in [0.2, 0.25) is 0 Å². The summed E-state index contributed by atoms with van der Waals surface area (Å²) >= 11 is 0. The number of hydrogen-bond acceptors (Lipinski definition) is 9. The van der Waals surface area contributed by atoms with Crippen LogP contribution in [0.4, 0.5) is 15.9 Å². The second-order valence-corrected chi connectivity index (χ2v) is 10.2. The molecule has 2 aromatic rings. The second kappa shape index (κ2) is 11.5. The molecular formula is C28H34FN7O3. The number of benzene rings is 1. The van der Waals surface area contributed by atoms with Gasteiger partial charge in [-0.25, -0.2) is 4.39 Å². The summed E-state index contributed by atoms with van der Waals surface area (Å²) < 4.78 is 26.6. The van der Waals surface area contributed by atoms with E-state index >= 15 is 0 Å². The van der Waals surface area contributed by atoms with E-state index in [1.165, 1.54) is 19.3 Å². The molecule has 2 atom stereocenters. The van der Waals surface area contributed by atoms with Gasteiger partial charge in [0.25, 0.3) is 0 Å². The summed E-state index contributed by atoms with van der Waals surface area (Å²) in [6, 6.07) is 7.27. The van der Waals surface area contributed by atoms with Crippen LogP contribution in [0.3, 0.4) is 0 Å². The minimum atomic E-state index is -0.372. The number of para-hydroxylation sites is 1. The summed E-state index contributed by atoms with van der Waals surface area (Å²) in [5.74, 6) is 0.582. The predicted molar refractivity (Wildman–Crippen MR) is 144 cm³/mol. The molecule has 2 fully saturated rings. The average Bonchev–Trinajstić information content (AvgIpc) is 3.56. The van der Waals surface area contributed by atoms with Gasteiger partial charge in [-0.15, -0.1) is 0 Å². The Balaban J connectivity index is 1.47. The maximum Gasteiger partial charge on any atom is 0.318 e. The summed E-state index contributed by atoms with van der Waals surface area (Å²) in [6.45, 7) is 7.29. The van der Waals surface area contributed by atoms with Crippen LogP contribution in [-0.4, -0.2) is 84.7 Å². The first kappa shape index (κ1) is 26.7. The number of methoxy groups -OCH3 is 1. The molecular weight excluding hydrogens is 501 g/mol. The van der Waals surface area contributed by atoms with Gasteiger partial charge in [0.05, 0.1) is 37.9 Å². The Morgan fingerprint density at radius 3 is 2.79 bits per heavy atom. The Hall–Kier alpha value is -3.91. The van der Waals surface area contributed by atoms with Gasteiger partial charge in [-0.3, -0.25) is 4.79 Å². The minimum absolute atomic E-state index is 0.189. The fourth-order valence-electron chi connectivity index (χ4n) is 5.76. The quantitative estimate of drug-likeness (QED) is 0.473. The molecule has 2 saturated heterocycles. The van der Waals surface area contributed by atoms with Gasteiger partial charge in [-0.05, 0) is 44.6 Å². The number of amides is 1. The Kier molecular flexibility index (Phi) is 7.84. The summed E-state index contributed by atoms with van der Waals surface area (Å²) in [4.78, 5) is 30.0. The number of hydrogen-bond donors (Lipinski definition) is 0. The monoisotopic (exact) mass is 535 g/mol. The van der Waals surface area contributed by atoms with Gasteiger partial charge in [0.1, 0.15) is 29.7 Å². The number of carbonyl (C=O) groups is 1. The highest BCUT2D eigenvalue weighted by atomic mass is 19.1. The van der Waals surface area contributed by atoms with Gasteiger partial charge in [0.15, 0.2) is 0 Å². The first-order valence-corrected chi connectivity index (χ1v) is 13.3. The first-order chi connectivity index (χ1) is 18.9. The Morgan fingerprint density at radius 1 is 1.23 bits per heavy atom. The van der Waals surface area contributed by atoms with Gasteiger partial charge in [0.2, 0.25) is 5.91 Å². The number of rotatable bonds is 8. The maximum absolute atomic E-state index is 15.0. The summed E-state index contributed by atoms with van der Waals surface area (Å²) in [5.41, 5.74) is 2.02. The number of carbonyl (C=O) groups excluding carboxylic acids is 1. The molecule has 0 N–H and O–H groups in total. The fraction of sp³-hybridized carbons (Fsp3) is 0.500. The van der Waals surface area contributed by atoms with E-state index in [2.05, 4.69) is 29.5 Å². The van der Waals surface area contributed by atoms with Crippen LogP contribution in [0.1, 0.15) is 30.5 Å². The minimum Gasteiger partial charge on any atom is -0.494 e. The van der Waals surface area contributed by atoms with Crippen LogP contribution in [0, 0.1) is 17.1 Å². The first-order valence-electron chi connectivity index (χ1n) is 13.3. The topological polar surface area (TPSA) is 98.1 Å². The number of likely N-dealkylation sites (N-methyl/N-ethyl adjacent to an activating group) is 1. The van der Waals surface area contributed by atoms with Crippen molar-refractivity contribution in [2.24, 2.45) is 0 Å².